The third-order valence-corrected chi connectivity index (χ3v) is 7.78. The fourth-order valence-corrected chi connectivity index (χ4v) is 6.55. The van der Waals surface area contributed by atoms with Crippen LogP contribution in [0.15, 0.2) is 35.5 Å². The first-order valence-corrected chi connectivity index (χ1v) is 9.96. The maximum Gasteiger partial charge on any atom is 0.335 e. The van der Waals surface area contributed by atoms with E-state index in [4.69, 9.17) is 17.0 Å². The average molecular weight is 369 g/mol. The number of hydrogen-bond acceptors (Lipinski definition) is 4. The van der Waals surface area contributed by atoms with Gasteiger partial charge in [-0.2, -0.15) is 0 Å². The van der Waals surface area contributed by atoms with Crippen molar-refractivity contribution in [2.24, 2.45) is 5.41 Å². The highest BCUT2D eigenvalue weighted by molar-refractivity contribution is 7.80. The maximum absolute atomic E-state index is 12.8. The van der Waals surface area contributed by atoms with Crippen LogP contribution >= 0.6 is 12.2 Å². The SMILES string of the molecule is CC[C@]12CCC(=S)N3CC[C@]4(C(=C(C(=O)OC)C1)Nc1ccccc14)[C@@H]32. The van der Waals surface area contributed by atoms with E-state index in [2.05, 4.69) is 41.4 Å². The van der Waals surface area contributed by atoms with Gasteiger partial charge in [-0.1, -0.05) is 37.3 Å². The van der Waals surface area contributed by atoms with Gasteiger partial charge in [0.25, 0.3) is 0 Å². The summed E-state index contributed by atoms with van der Waals surface area (Å²) in [6.45, 7) is 3.24. The molecule has 1 spiro atoms. The molecular weight excluding hydrogens is 344 g/mol. The number of piperidine rings is 1. The first-order chi connectivity index (χ1) is 12.6. The quantitative estimate of drug-likeness (QED) is 0.636. The van der Waals surface area contributed by atoms with Crippen molar-refractivity contribution in [1.29, 1.82) is 0 Å². The number of esters is 1. The summed E-state index contributed by atoms with van der Waals surface area (Å²) < 4.78 is 5.21. The molecule has 0 bridgehead atoms. The number of hydrogen-bond donors (Lipinski definition) is 1. The Kier molecular flexibility index (Phi) is 3.34. The average Bonchev–Trinajstić information content (AvgIpc) is 3.24. The van der Waals surface area contributed by atoms with E-state index in [0.29, 0.717) is 6.04 Å². The molecule has 5 rings (SSSR count). The molecule has 4 nitrogen and oxygen atoms in total. The minimum atomic E-state index is -0.183. The second-order valence-corrected chi connectivity index (χ2v) is 8.59. The Hall–Kier alpha value is -1.88. The number of carbonyl (C=O) groups excluding carboxylic acids is 1. The van der Waals surface area contributed by atoms with Crippen LogP contribution in [0.25, 0.3) is 0 Å². The number of nitrogens with zero attached hydrogens (tertiary/aromatic N) is 1. The van der Waals surface area contributed by atoms with Gasteiger partial charge in [0.2, 0.25) is 0 Å². The molecule has 3 heterocycles. The Labute approximate surface area is 159 Å². The molecule has 1 aliphatic carbocycles. The number of benzene rings is 1. The molecule has 0 amide bonds. The van der Waals surface area contributed by atoms with Crippen LogP contribution in [-0.4, -0.2) is 35.6 Å². The van der Waals surface area contributed by atoms with E-state index < -0.39 is 0 Å². The van der Waals surface area contributed by atoms with Gasteiger partial charge in [-0.25, -0.2) is 4.79 Å². The van der Waals surface area contributed by atoms with Gasteiger partial charge >= 0.3 is 5.97 Å². The molecule has 3 atom stereocenters. The van der Waals surface area contributed by atoms with Crippen LogP contribution in [0, 0.1) is 5.41 Å². The van der Waals surface area contributed by atoms with Crippen molar-refractivity contribution < 1.29 is 9.53 Å². The lowest BCUT2D eigenvalue weighted by Gasteiger charge is -2.56. The van der Waals surface area contributed by atoms with Crippen molar-refractivity contribution in [3.8, 4) is 0 Å². The van der Waals surface area contributed by atoms with E-state index in [1.54, 1.807) is 0 Å². The number of nitrogens with one attached hydrogen (secondary N) is 1. The zero-order valence-corrected chi connectivity index (χ0v) is 16.1. The minimum absolute atomic E-state index is 0.0744. The predicted octanol–water partition coefficient (Wildman–Crippen LogP) is 3.77. The molecule has 2 fully saturated rings. The first kappa shape index (κ1) is 16.3. The third kappa shape index (κ3) is 1.75. The zero-order chi connectivity index (χ0) is 18.1. The highest BCUT2D eigenvalue weighted by Crippen LogP contribution is 2.65. The molecule has 3 aliphatic heterocycles. The summed E-state index contributed by atoms with van der Waals surface area (Å²) >= 11 is 5.78. The summed E-state index contributed by atoms with van der Waals surface area (Å²) in [5.74, 6) is -0.183. The number of ether oxygens (including phenoxy) is 1. The smallest absolute Gasteiger partial charge is 0.335 e. The molecule has 1 aromatic carbocycles. The number of para-hydroxylation sites is 1. The molecule has 0 unspecified atom stereocenters. The van der Waals surface area contributed by atoms with Gasteiger partial charge in [0.1, 0.15) is 0 Å². The third-order valence-electron chi connectivity index (χ3n) is 7.34. The molecular formula is C21H24N2O2S. The van der Waals surface area contributed by atoms with Crippen LogP contribution in [0.1, 0.15) is 44.6 Å². The topological polar surface area (TPSA) is 41.6 Å². The summed E-state index contributed by atoms with van der Waals surface area (Å²) in [7, 11) is 1.49. The van der Waals surface area contributed by atoms with Gasteiger partial charge in [-0.05, 0) is 49.1 Å². The standard InChI is InChI=1S/C21H24N2O2S/c1-3-20-9-8-16(26)23-11-10-21(19(20)23)14-6-4-5-7-15(14)22-17(21)13(12-20)18(24)25-2/h4-7,19,22H,3,8-12H2,1-2H3/t19-,20-,21-/m0/s1. The van der Waals surface area contributed by atoms with Crippen LogP contribution < -0.4 is 5.32 Å². The zero-order valence-electron chi connectivity index (χ0n) is 15.3. The summed E-state index contributed by atoms with van der Waals surface area (Å²) in [4.78, 5) is 16.4. The number of anilines is 1. The van der Waals surface area contributed by atoms with Gasteiger partial charge in [0.05, 0.1) is 29.1 Å². The van der Waals surface area contributed by atoms with Gasteiger partial charge in [0.15, 0.2) is 0 Å². The lowest BCUT2D eigenvalue weighted by molar-refractivity contribution is -0.137. The largest absolute Gasteiger partial charge is 0.466 e. The Morgan fingerprint density at radius 3 is 2.96 bits per heavy atom. The predicted molar refractivity (Wildman–Crippen MR) is 105 cm³/mol. The van der Waals surface area contributed by atoms with E-state index in [-0.39, 0.29) is 16.8 Å². The molecule has 0 radical (unpaired) electrons. The van der Waals surface area contributed by atoms with Crippen molar-refractivity contribution in [3.05, 3.63) is 41.1 Å². The highest BCUT2D eigenvalue weighted by Gasteiger charge is 2.66. The van der Waals surface area contributed by atoms with Crippen molar-refractivity contribution in [3.63, 3.8) is 0 Å². The summed E-state index contributed by atoms with van der Waals surface area (Å²) in [5.41, 5.74) is 4.28. The number of rotatable bonds is 2. The maximum atomic E-state index is 12.8. The van der Waals surface area contributed by atoms with Crippen molar-refractivity contribution in [2.75, 3.05) is 19.0 Å². The van der Waals surface area contributed by atoms with Gasteiger partial charge < -0.3 is 15.0 Å². The summed E-state index contributed by atoms with van der Waals surface area (Å²) in [5, 5.41) is 3.62. The van der Waals surface area contributed by atoms with Crippen molar-refractivity contribution in [2.45, 2.75) is 50.5 Å². The normalized spacial score (nSPS) is 34.2. The summed E-state index contributed by atoms with van der Waals surface area (Å²) in [6, 6.07) is 8.87. The number of thiocarbonyl (C=S) groups is 1. The fourth-order valence-electron chi connectivity index (χ4n) is 6.26. The lowest BCUT2D eigenvalue weighted by Crippen LogP contribution is -2.61. The minimum Gasteiger partial charge on any atom is -0.466 e. The molecule has 1 N–H and O–H groups in total. The highest BCUT2D eigenvalue weighted by atomic mass is 32.1. The Bertz CT molecular complexity index is 863. The fraction of sp³-hybridized carbons (Fsp3) is 0.524. The van der Waals surface area contributed by atoms with Crippen molar-refractivity contribution in [1.82, 2.24) is 4.90 Å². The Morgan fingerprint density at radius 1 is 1.38 bits per heavy atom. The van der Waals surface area contributed by atoms with Crippen molar-refractivity contribution >= 4 is 28.9 Å². The van der Waals surface area contributed by atoms with Gasteiger partial charge in [-0.3, -0.25) is 0 Å². The van der Waals surface area contributed by atoms with Gasteiger partial charge in [-0.15, -0.1) is 0 Å². The van der Waals surface area contributed by atoms with E-state index in [1.165, 1.54) is 12.7 Å². The molecule has 2 saturated heterocycles. The molecule has 26 heavy (non-hydrogen) atoms. The molecule has 5 heteroatoms. The number of fused-ring (bicyclic) bond motifs is 1. The molecule has 0 saturated carbocycles. The Morgan fingerprint density at radius 2 is 2.19 bits per heavy atom. The second kappa shape index (κ2) is 5.32. The van der Waals surface area contributed by atoms with Crippen LogP contribution in [0.3, 0.4) is 0 Å². The Balaban J connectivity index is 1.82. The van der Waals surface area contributed by atoms with E-state index in [0.717, 1.165) is 60.6 Å². The lowest BCUT2D eigenvalue weighted by atomic mass is 9.53. The van der Waals surface area contributed by atoms with Crippen LogP contribution in [0.2, 0.25) is 0 Å². The molecule has 136 valence electrons. The van der Waals surface area contributed by atoms with Crippen LogP contribution in [0.5, 0.6) is 0 Å². The molecule has 0 aromatic heterocycles. The van der Waals surface area contributed by atoms with Crippen LogP contribution in [0.4, 0.5) is 5.69 Å². The van der Waals surface area contributed by atoms with E-state index in [1.807, 2.05) is 0 Å². The first-order valence-electron chi connectivity index (χ1n) is 9.55. The monoisotopic (exact) mass is 368 g/mol. The number of methoxy groups -OCH3 is 1. The van der Waals surface area contributed by atoms with E-state index in [9.17, 15) is 4.79 Å². The summed E-state index contributed by atoms with van der Waals surface area (Å²) in [6.07, 6.45) is 4.84. The molecule has 4 aliphatic rings. The van der Waals surface area contributed by atoms with Crippen LogP contribution in [-0.2, 0) is 14.9 Å². The second-order valence-electron chi connectivity index (χ2n) is 8.12. The number of carbonyl (C=O) groups is 1. The van der Waals surface area contributed by atoms with E-state index >= 15 is 0 Å². The van der Waals surface area contributed by atoms with Gasteiger partial charge in [0, 0.05) is 17.9 Å². The molecule has 1 aromatic rings.